The molecule has 0 amide bonds. The maximum atomic E-state index is 9.10. The summed E-state index contributed by atoms with van der Waals surface area (Å²) >= 11 is 0. The lowest BCUT2D eigenvalue weighted by Crippen LogP contribution is -2.24. The first-order valence-electron chi connectivity index (χ1n) is 8.96. The van der Waals surface area contributed by atoms with Crippen molar-refractivity contribution < 1.29 is 29.3 Å². The summed E-state index contributed by atoms with van der Waals surface area (Å²) in [7, 11) is 3.78. The molecular weight excluding hydrogens is 374 g/mol. The molecule has 0 aliphatic rings. The van der Waals surface area contributed by atoms with E-state index in [2.05, 4.69) is 42.8 Å². The standard InChI is InChI=1S/C20H25NO2.C2H2O4/c1-4-8-18-15-19(22-3)11-12-20(18)23-14-13-21(2)16-17-9-6-5-7-10-17;3-1(4)2(5)6/h4-7,9-12,15H,1,8,13-14,16H2,2-3H3;(H,3,4)(H,5,6). The molecule has 0 saturated carbocycles. The molecule has 0 unspecified atom stereocenters. The van der Waals surface area contributed by atoms with Crippen molar-refractivity contribution in [3.8, 4) is 11.5 Å². The number of carboxylic acid groups (broad SMARTS) is 2. The van der Waals surface area contributed by atoms with Crippen LogP contribution in [0.2, 0.25) is 0 Å². The van der Waals surface area contributed by atoms with Gasteiger partial charge in [-0.05, 0) is 37.2 Å². The van der Waals surface area contributed by atoms with E-state index in [1.165, 1.54) is 5.56 Å². The van der Waals surface area contributed by atoms with E-state index in [1.807, 2.05) is 30.3 Å². The van der Waals surface area contributed by atoms with Gasteiger partial charge in [-0.3, -0.25) is 4.90 Å². The number of benzene rings is 2. The van der Waals surface area contributed by atoms with Gasteiger partial charge in [0.2, 0.25) is 0 Å². The van der Waals surface area contributed by atoms with E-state index in [4.69, 9.17) is 29.3 Å². The highest BCUT2D eigenvalue weighted by molar-refractivity contribution is 6.27. The number of carbonyl (C=O) groups is 2. The van der Waals surface area contributed by atoms with E-state index < -0.39 is 11.9 Å². The fourth-order valence-electron chi connectivity index (χ4n) is 2.42. The van der Waals surface area contributed by atoms with Crippen molar-refractivity contribution in [2.45, 2.75) is 13.0 Å². The number of rotatable bonds is 9. The summed E-state index contributed by atoms with van der Waals surface area (Å²) < 4.78 is 11.2. The Bertz CT molecular complexity index is 779. The average molecular weight is 401 g/mol. The minimum absolute atomic E-state index is 0.653. The van der Waals surface area contributed by atoms with Crippen molar-refractivity contribution in [3.63, 3.8) is 0 Å². The quantitative estimate of drug-likeness (QED) is 0.492. The predicted octanol–water partition coefficient (Wildman–Crippen LogP) is 3.09. The SMILES string of the molecule is C=CCc1cc(OC)ccc1OCCN(C)Cc1ccccc1.O=C(O)C(=O)O. The summed E-state index contributed by atoms with van der Waals surface area (Å²) in [6.07, 6.45) is 2.65. The largest absolute Gasteiger partial charge is 0.497 e. The van der Waals surface area contributed by atoms with E-state index in [1.54, 1.807) is 7.11 Å². The number of hydrogen-bond acceptors (Lipinski definition) is 5. The third-order valence-corrected chi connectivity index (χ3v) is 3.84. The van der Waals surface area contributed by atoms with E-state index in [0.29, 0.717) is 6.61 Å². The molecule has 2 aromatic carbocycles. The number of ether oxygens (including phenoxy) is 2. The maximum Gasteiger partial charge on any atom is 0.414 e. The van der Waals surface area contributed by atoms with Gasteiger partial charge in [0.15, 0.2) is 0 Å². The Kier molecular flexibility index (Phi) is 10.6. The summed E-state index contributed by atoms with van der Waals surface area (Å²) in [6.45, 7) is 6.25. The van der Waals surface area contributed by atoms with Gasteiger partial charge in [-0.1, -0.05) is 36.4 Å². The molecule has 0 saturated heterocycles. The second kappa shape index (κ2) is 13.0. The van der Waals surface area contributed by atoms with Crippen LogP contribution in [0.3, 0.4) is 0 Å². The third-order valence-electron chi connectivity index (χ3n) is 3.84. The number of allylic oxidation sites excluding steroid dienone is 1. The van der Waals surface area contributed by atoms with Crippen molar-refractivity contribution in [2.24, 2.45) is 0 Å². The molecule has 0 bridgehead atoms. The second-order valence-corrected chi connectivity index (χ2v) is 6.15. The number of hydrogen-bond donors (Lipinski definition) is 2. The molecule has 0 aromatic heterocycles. The normalized spacial score (nSPS) is 9.90. The highest BCUT2D eigenvalue weighted by atomic mass is 16.5. The predicted molar refractivity (Wildman–Crippen MR) is 110 cm³/mol. The number of aliphatic carboxylic acids is 2. The van der Waals surface area contributed by atoms with Crippen molar-refractivity contribution in [1.29, 1.82) is 0 Å². The van der Waals surface area contributed by atoms with Crippen LogP contribution in [-0.4, -0.2) is 54.4 Å². The van der Waals surface area contributed by atoms with Crippen molar-refractivity contribution in [1.82, 2.24) is 4.90 Å². The lowest BCUT2D eigenvalue weighted by molar-refractivity contribution is -0.159. The fraction of sp³-hybridized carbons (Fsp3) is 0.273. The monoisotopic (exact) mass is 401 g/mol. The smallest absolute Gasteiger partial charge is 0.414 e. The van der Waals surface area contributed by atoms with Crippen LogP contribution in [0, 0.1) is 0 Å². The van der Waals surface area contributed by atoms with Gasteiger partial charge in [0.05, 0.1) is 7.11 Å². The first-order chi connectivity index (χ1) is 13.9. The van der Waals surface area contributed by atoms with Crippen LogP contribution >= 0.6 is 0 Å². The van der Waals surface area contributed by atoms with Crippen LogP contribution in [0.15, 0.2) is 61.2 Å². The zero-order chi connectivity index (χ0) is 21.6. The van der Waals surface area contributed by atoms with E-state index in [0.717, 1.165) is 36.6 Å². The molecule has 0 fully saturated rings. The number of methoxy groups -OCH3 is 1. The molecule has 29 heavy (non-hydrogen) atoms. The molecule has 0 radical (unpaired) electrons. The average Bonchev–Trinajstić information content (AvgIpc) is 2.70. The van der Waals surface area contributed by atoms with Gasteiger partial charge in [0.25, 0.3) is 0 Å². The van der Waals surface area contributed by atoms with Crippen molar-refractivity contribution in [2.75, 3.05) is 27.3 Å². The van der Waals surface area contributed by atoms with Gasteiger partial charge in [-0.25, -0.2) is 9.59 Å². The second-order valence-electron chi connectivity index (χ2n) is 6.15. The summed E-state index contributed by atoms with van der Waals surface area (Å²) in [5.41, 5.74) is 2.41. The van der Waals surface area contributed by atoms with E-state index in [9.17, 15) is 0 Å². The third kappa shape index (κ3) is 9.44. The molecule has 2 N–H and O–H groups in total. The van der Waals surface area contributed by atoms with Gasteiger partial charge in [-0.15, -0.1) is 6.58 Å². The van der Waals surface area contributed by atoms with Crippen molar-refractivity contribution in [3.05, 3.63) is 72.3 Å². The summed E-state index contributed by atoms with van der Waals surface area (Å²) in [5.74, 6) is -1.90. The lowest BCUT2D eigenvalue weighted by Gasteiger charge is -2.18. The fourth-order valence-corrected chi connectivity index (χ4v) is 2.42. The number of nitrogens with zero attached hydrogens (tertiary/aromatic N) is 1. The minimum Gasteiger partial charge on any atom is -0.497 e. The Labute approximate surface area is 170 Å². The van der Waals surface area contributed by atoms with Crippen LogP contribution in [0.5, 0.6) is 11.5 Å². The van der Waals surface area contributed by atoms with Crippen LogP contribution in [0.1, 0.15) is 11.1 Å². The molecule has 7 heteroatoms. The maximum absolute atomic E-state index is 9.10. The van der Waals surface area contributed by atoms with Crippen molar-refractivity contribution >= 4 is 11.9 Å². The Hall–Kier alpha value is -3.32. The molecule has 0 atom stereocenters. The minimum atomic E-state index is -1.82. The van der Waals surface area contributed by atoms with Crippen LogP contribution in [0.4, 0.5) is 0 Å². The molecular formula is C22H27NO6. The first kappa shape index (κ1) is 23.7. The summed E-state index contributed by atoms with van der Waals surface area (Å²) in [6, 6.07) is 16.4. The zero-order valence-corrected chi connectivity index (χ0v) is 16.7. The molecule has 2 aromatic rings. The highest BCUT2D eigenvalue weighted by Crippen LogP contribution is 2.25. The molecule has 156 valence electrons. The lowest BCUT2D eigenvalue weighted by atomic mass is 10.1. The van der Waals surface area contributed by atoms with Crippen LogP contribution in [-0.2, 0) is 22.6 Å². The van der Waals surface area contributed by atoms with E-state index >= 15 is 0 Å². The Morgan fingerprint density at radius 3 is 2.31 bits per heavy atom. The van der Waals surface area contributed by atoms with Crippen LogP contribution in [0.25, 0.3) is 0 Å². The molecule has 0 spiro atoms. The number of likely N-dealkylation sites (N-methyl/N-ethyl adjacent to an activating group) is 1. The van der Waals surface area contributed by atoms with Crippen LogP contribution < -0.4 is 9.47 Å². The zero-order valence-electron chi connectivity index (χ0n) is 16.7. The van der Waals surface area contributed by atoms with Gasteiger partial charge in [0.1, 0.15) is 18.1 Å². The molecule has 0 heterocycles. The first-order valence-corrected chi connectivity index (χ1v) is 8.96. The summed E-state index contributed by atoms with van der Waals surface area (Å²) in [4.78, 5) is 20.5. The topological polar surface area (TPSA) is 96.3 Å². The number of carboxylic acids is 2. The molecule has 7 nitrogen and oxygen atoms in total. The molecule has 2 rings (SSSR count). The Morgan fingerprint density at radius 1 is 1.10 bits per heavy atom. The Morgan fingerprint density at radius 2 is 1.76 bits per heavy atom. The highest BCUT2D eigenvalue weighted by Gasteiger charge is 2.06. The van der Waals surface area contributed by atoms with Gasteiger partial charge in [-0.2, -0.15) is 0 Å². The molecule has 0 aliphatic heterocycles. The summed E-state index contributed by atoms with van der Waals surface area (Å²) in [5, 5.41) is 14.8. The molecule has 0 aliphatic carbocycles. The van der Waals surface area contributed by atoms with Gasteiger partial charge < -0.3 is 19.7 Å². The Balaban J connectivity index is 0.000000612. The van der Waals surface area contributed by atoms with Gasteiger partial charge in [0, 0.05) is 18.7 Å². The van der Waals surface area contributed by atoms with E-state index in [-0.39, 0.29) is 0 Å². The van der Waals surface area contributed by atoms with Gasteiger partial charge >= 0.3 is 11.9 Å².